The van der Waals surface area contributed by atoms with Gasteiger partial charge >= 0.3 is 0 Å². The van der Waals surface area contributed by atoms with Crippen LogP contribution in [-0.4, -0.2) is 15.0 Å². The van der Waals surface area contributed by atoms with E-state index in [4.69, 9.17) is 19.4 Å². The van der Waals surface area contributed by atoms with Gasteiger partial charge in [0.25, 0.3) is 0 Å². The molecule has 0 atom stereocenters. The van der Waals surface area contributed by atoms with E-state index < -0.39 is 0 Å². The average molecular weight is 652 g/mol. The Labute approximate surface area is 294 Å². The van der Waals surface area contributed by atoms with Crippen molar-refractivity contribution in [3.63, 3.8) is 0 Å². The minimum atomic E-state index is 0.630. The second kappa shape index (κ2) is 11.9. The summed E-state index contributed by atoms with van der Waals surface area (Å²) in [6.45, 7) is 0. The summed E-state index contributed by atoms with van der Waals surface area (Å²) in [6.07, 6.45) is 0. The summed E-state index contributed by atoms with van der Waals surface area (Å²) in [7, 11) is 0. The van der Waals surface area contributed by atoms with Crippen molar-refractivity contribution in [1.82, 2.24) is 15.0 Å². The van der Waals surface area contributed by atoms with Crippen molar-refractivity contribution >= 4 is 43.5 Å². The molecule has 0 aliphatic carbocycles. The number of aromatic nitrogens is 3. The zero-order valence-electron chi connectivity index (χ0n) is 27.5. The number of hydrogen-bond acceptors (Lipinski definition) is 4. The van der Waals surface area contributed by atoms with E-state index in [-0.39, 0.29) is 0 Å². The van der Waals surface area contributed by atoms with Crippen molar-refractivity contribution in [3.8, 4) is 56.4 Å². The molecule has 4 heteroatoms. The molecule has 0 spiro atoms. The zero-order chi connectivity index (χ0) is 33.7. The lowest BCUT2D eigenvalue weighted by atomic mass is 9.94. The molecule has 4 nitrogen and oxygen atoms in total. The number of rotatable bonds is 5. The topological polar surface area (TPSA) is 51.8 Å². The van der Waals surface area contributed by atoms with E-state index in [1.165, 1.54) is 5.56 Å². The molecule has 10 aromatic rings. The van der Waals surface area contributed by atoms with E-state index in [0.717, 1.165) is 76.9 Å². The predicted molar refractivity (Wildman–Crippen MR) is 209 cm³/mol. The molecule has 51 heavy (non-hydrogen) atoms. The van der Waals surface area contributed by atoms with E-state index in [0.29, 0.717) is 17.5 Å². The second-order valence-electron chi connectivity index (χ2n) is 12.8. The third kappa shape index (κ3) is 5.04. The van der Waals surface area contributed by atoms with Crippen LogP contribution >= 0.6 is 0 Å². The van der Waals surface area contributed by atoms with E-state index in [9.17, 15) is 0 Å². The highest BCUT2D eigenvalue weighted by Gasteiger charge is 2.18. The molecular formula is C47H29N3O. The number of hydrogen-bond donors (Lipinski definition) is 0. The van der Waals surface area contributed by atoms with E-state index in [2.05, 4.69) is 140 Å². The van der Waals surface area contributed by atoms with Gasteiger partial charge < -0.3 is 4.42 Å². The fourth-order valence-electron chi connectivity index (χ4n) is 7.25. The van der Waals surface area contributed by atoms with E-state index in [1.807, 2.05) is 36.4 Å². The highest BCUT2D eigenvalue weighted by molar-refractivity contribution is 6.09. The third-order valence-corrected chi connectivity index (χ3v) is 9.75. The lowest BCUT2D eigenvalue weighted by Gasteiger charge is -2.14. The summed E-state index contributed by atoms with van der Waals surface area (Å²) < 4.78 is 6.27. The first-order valence-electron chi connectivity index (χ1n) is 17.1. The van der Waals surface area contributed by atoms with Crippen molar-refractivity contribution < 1.29 is 4.42 Å². The summed E-state index contributed by atoms with van der Waals surface area (Å²) in [5.41, 5.74) is 9.16. The highest BCUT2D eigenvalue weighted by Crippen LogP contribution is 2.39. The van der Waals surface area contributed by atoms with Crippen LogP contribution in [0.25, 0.3) is 99.9 Å². The van der Waals surface area contributed by atoms with Gasteiger partial charge in [-0.2, -0.15) is 0 Å². The lowest BCUT2D eigenvalue weighted by Crippen LogP contribution is -2.01. The molecule has 0 amide bonds. The highest BCUT2D eigenvalue weighted by atomic mass is 16.3. The van der Waals surface area contributed by atoms with Gasteiger partial charge in [0.2, 0.25) is 0 Å². The molecule has 2 heterocycles. The van der Waals surface area contributed by atoms with Gasteiger partial charge in [-0.05, 0) is 74.1 Å². The summed E-state index contributed by atoms with van der Waals surface area (Å²) in [6, 6.07) is 61.1. The van der Waals surface area contributed by atoms with Gasteiger partial charge in [-0.15, -0.1) is 0 Å². The number of fused-ring (bicyclic) bond motifs is 5. The molecule has 0 aliphatic rings. The zero-order valence-corrected chi connectivity index (χ0v) is 27.5. The van der Waals surface area contributed by atoms with Gasteiger partial charge in [-0.25, -0.2) is 15.0 Å². The van der Waals surface area contributed by atoms with Crippen LogP contribution in [0.5, 0.6) is 0 Å². The monoisotopic (exact) mass is 651 g/mol. The lowest BCUT2D eigenvalue weighted by molar-refractivity contribution is 0.669. The van der Waals surface area contributed by atoms with Crippen LogP contribution in [0, 0.1) is 0 Å². The summed E-state index contributed by atoms with van der Waals surface area (Å²) in [4.78, 5) is 15.5. The van der Waals surface area contributed by atoms with Gasteiger partial charge in [0.15, 0.2) is 17.5 Å². The van der Waals surface area contributed by atoms with Crippen molar-refractivity contribution in [2.45, 2.75) is 0 Å². The van der Waals surface area contributed by atoms with Gasteiger partial charge in [-0.1, -0.05) is 146 Å². The molecule has 0 radical (unpaired) electrons. The normalized spacial score (nSPS) is 11.5. The van der Waals surface area contributed by atoms with Crippen LogP contribution in [-0.2, 0) is 0 Å². The molecule has 10 rings (SSSR count). The van der Waals surface area contributed by atoms with Gasteiger partial charge in [-0.3, -0.25) is 0 Å². The smallest absolute Gasteiger partial charge is 0.164 e. The standard InChI is InChI=1S/C47H29N3O/c1-3-12-30(13-4-1)33-23-22-31-16-11-20-40(42(31)28-33)46-48-45(32-14-5-2-6-15-32)49-47(50-46)41-27-26-35(36-17-7-8-18-37(36)41)34-24-25-39-38-19-9-10-21-43(38)51-44(39)29-34/h1-29H. The molecule has 0 saturated carbocycles. The van der Waals surface area contributed by atoms with Crippen molar-refractivity contribution in [3.05, 3.63) is 176 Å². The fourth-order valence-corrected chi connectivity index (χ4v) is 7.25. The fraction of sp³-hybridized carbons (Fsp3) is 0. The Hall–Kier alpha value is -6.91. The Morgan fingerprint density at radius 3 is 1.67 bits per heavy atom. The van der Waals surface area contributed by atoms with E-state index in [1.54, 1.807) is 0 Å². The molecule has 0 fully saturated rings. The molecule has 0 N–H and O–H groups in total. The second-order valence-corrected chi connectivity index (χ2v) is 12.8. The quantitative estimate of drug-likeness (QED) is 0.186. The van der Waals surface area contributed by atoms with E-state index >= 15 is 0 Å². The Bertz CT molecular complexity index is 2910. The third-order valence-electron chi connectivity index (χ3n) is 9.75. The van der Waals surface area contributed by atoms with Crippen LogP contribution in [0.4, 0.5) is 0 Å². The maximum absolute atomic E-state index is 6.27. The number of furan rings is 1. The van der Waals surface area contributed by atoms with Gasteiger partial charge in [0.05, 0.1) is 0 Å². The Kier molecular flexibility index (Phi) is 6.78. The molecule has 0 saturated heterocycles. The van der Waals surface area contributed by atoms with Crippen molar-refractivity contribution in [1.29, 1.82) is 0 Å². The minimum Gasteiger partial charge on any atom is -0.456 e. The molecule has 0 aliphatic heterocycles. The molecule has 238 valence electrons. The molecule has 8 aromatic carbocycles. The summed E-state index contributed by atoms with van der Waals surface area (Å²) in [5.74, 6) is 1.90. The summed E-state index contributed by atoms with van der Waals surface area (Å²) in [5, 5.41) is 6.65. The first kappa shape index (κ1) is 29.0. The first-order valence-corrected chi connectivity index (χ1v) is 17.1. The Morgan fingerprint density at radius 2 is 0.882 bits per heavy atom. The number of nitrogens with zero attached hydrogens (tertiary/aromatic N) is 3. The Balaban J connectivity index is 1.16. The molecule has 0 unspecified atom stereocenters. The van der Waals surface area contributed by atoms with Crippen LogP contribution in [0.1, 0.15) is 0 Å². The number of para-hydroxylation sites is 1. The minimum absolute atomic E-state index is 0.630. The maximum atomic E-state index is 6.27. The van der Waals surface area contributed by atoms with Crippen LogP contribution in [0.3, 0.4) is 0 Å². The van der Waals surface area contributed by atoms with Crippen LogP contribution < -0.4 is 0 Å². The average Bonchev–Trinajstić information content (AvgIpc) is 3.58. The molecule has 0 bridgehead atoms. The van der Waals surface area contributed by atoms with Crippen molar-refractivity contribution in [2.75, 3.05) is 0 Å². The molecular weight excluding hydrogens is 623 g/mol. The predicted octanol–water partition coefficient (Wildman–Crippen LogP) is 12.4. The van der Waals surface area contributed by atoms with Crippen LogP contribution in [0.15, 0.2) is 180 Å². The first-order chi connectivity index (χ1) is 25.3. The van der Waals surface area contributed by atoms with Gasteiger partial charge in [0.1, 0.15) is 11.2 Å². The molecule has 2 aromatic heterocycles. The Morgan fingerprint density at radius 1 is 0.294 bits per heavy atom. The number of benzene rings is 8. The SMILES string of the molecule is c1ccc(-c2ccc3cccc(-c4nc(-c5ccccc5)nc(-c5ccc(-c6ccc7c(c6)oc6ccccc67)c6ccccc56)n4)c3c2)cc1. The largest absolute Gasteiger partial charge is 0.456 e. The summed E-state index contributed by atoms with van der Waals surface area (Å²) >= 11 is 0. The van der Waals surface area contributed by atoms with Crippen molar-refractivity contribution in [2.24, 2.45) is 0 Å². The van der Waals surface area contributed by atoms with Crippen LogP contribution in [0.2, 0.25) is 0 Å². The van der Waals surface area contributed by atoms with Gasteiger partial charge in [0, 0.05) is 27.5 Å². The maximum Gasteiger partial charge on any atom is 0.164 e.